The summed E-state index contributed by atoms with van der Waals surface area (Å²) in [5, 5.41) is 0. The van der Waals surface area contributed by atoms with E-state index in [4.69, 9.17) is 0 Å². The molecule has 3 nitrogen and oxygen atoms in total. The van der Waals surface area contributed by atoms with Gasteiger partial charge in [-0.15, -0.1) is 0 Å². The summed E-state index contributed by atoms with van der Waals surface area (Å²) >= 11 is 0. The average Bonchev–Trinajstić information content (AvgIpc) is 2.83. The highest BCUT2D eigenvalue weighted by molar-refractivity contribution is 5.92. The van der Waals surface area contributed by atoms with Crippen molar-refractivity contribution >= 4 is 11.6 Å². The summed E-state index contributed by atoms with van der Waals surface area (Å²) in [6.07, 6.45) is 10.5. The van der Waals surface area contributed by atoms with Gasteiger partial charge in [0.1, 0.15) is 11.6 Å². The molecule has 0 amide bonds. The molecule has 0 bridgehead atoms. The van der Waals surface area contributed by atoms with Crippen LogP contribution >= 0.6 is 0 Å². The van der Waals surface area contributed by atoms with Crippen LogP contribution in [0.4, 0.5) is 4.39 Å². The van der Waals surface area contributed by atoms with Crippen molar-refractivity contribution in [1.29, 1.82) is 0 Å². The highest BCUT2D eigenvalue weighted by atomic mass is 19.1. The zero-order valence-electron chi connectivity index (χ0n) is 21.3. The van der Waals surface area contributed by atoms with Crippen molar-refractivity contribution in [2.45, 2.75) is 79.2 Å². The first-order valence-electron chi connectivity index (χ1n) is 12.3. The van der Waals surface area contributed by atoms with Gasteiger partial charge in [0.2, 0.25) is 0 Å². The fourth-order valence-electron chi connectivity index (χ4n) is 3.63. The number of hydrogen-bond acceptors (Lipinski definition) is 3. The van der Waals surface area contributed by atoms with E-state index in [2.05, 4.69) is 20.4 Å². The molecular weight excluding hydrogens is 425 g/mol. The maximum Gasteiger partial charge on any atom is 0.175 e. The number of ketones is 2. The largest absolute Gasteiger partial charge is 0.342 e. The molecule has 0 aliphatic heterocycles. The van der Waals surface area contributed by atoms with Crippen molar-refractivity contribution in [2.24, 2.45) is 0 Å². The van der Waals surface area contributed by atoms with Gasteiger partial charge in [0, 0.05) is 26.3 Å². The highest BCUT2D eigenvalue weighted by Gasteiger charge is 2.14. The van der Waals surface area contributed by atoms with E-state index in [9.17, 15) is 14.0 Å². The number of nitrogens with zero attached hydrogens (tertiary/aromatic N) is 1. The van der Waals surface area contributed by atoms with E-state index in [1.807, 2.05) is 42.2 Å². The molecule has 2 aromatic rings. The second kappa shape index (κ2) is 16.6. The van der Waals surface area contributed by atoms with Crippen LogP contribution in [0.25, 0.3) is 11.1 Å². The molecule has 184 valence electrons. The Hall–Kier alpha value is -3.01. The zero-order valence-corrected chi connectivity index (χ0v) is 21.3. The van der Waals surface area contributed by atoms with Gasteiger partial charge in [-0.25, -0.2) is 4.39 Å². The first-order chi connectivity index (χ1) is 16.4. The molecule has 34 heavy (non-hydrogen) atoms. The topological polar surface area (TPSA) is 37.4 Å². The summed E-state index contributed by atoms with van der Waals surface area (Å²) in [4.78, 5) is 24.7. The molecule has 0 aliphatic carbocycles. The van der Waals surface area contributed by atoms with Crippen LogP contribution in [0.2, 0.25) is 0 Å². The second-order valence-electron chi connectivity index (χ2n) is 8.27. The number of benzene rings is 2. The standard InChI is InChI=1S/C21H22FNO.C9H18O/c1-4-8-21(16(3)24)23(5-2)15-18-9-6-7-10-20(18)17-11-13-19(22)14-12-17;1-3-5-6-8-9(10)7-4-2/h5-14H,2,4,15H2,1,3H3;3-8H2,1-2H3/b21-8-;. The van der Waals surface area contributed by atoms with E-state index >= 15 is 0 Å². The van der Waals surface area contributed by atoms with Crippen molar-refractivity contribution in [2.75, 3.05) is 0 Å². The number of halogens is 1. The Morgan fingerprint density at radius 1 is 0.941 bits per heavy atom. The molecule has 0 aliphatic rings. The molecule has 0 saturated carbocycles. The van der Waals surface area contributed by atoms with E-state index in [1.54, 1.807) is 25.3 Å². The average molecular weight is 466 g/mol. The molecule has 4 heteroatoms. The highest BCUT2D eigenvalue weighted by Crippen LogP contribution is 2.26. The molecule has 2 rings (SSSR count). The lowest BCUT2D eigenvalue weighted by atomic mass is 9.99. The summed E-state index contributed by atoms with van der Waals surface area (Å²) < 4.78 is 13.2. The van der Waals surface area contributed by atoms with Crippen LogP contribution in [-0.2, 0) is 16.1 Å². The normalized spacial score (nSPS) is 10.8. The zero-order chi connectivity index (χ0) is 25.3. The van der Waals surface area contributed by atoms with Gasteiger partial charge in [-0.2, -0.15) is 0 Å². The lowest BCUT2D eigenvalue weighted by Gasteiger charge is -2.23. The summed E-state index contributed by atoms with van der Waals surface area (Å²) in [5.41, 5.74) is 3.65. The van der Waals surface area contributed by atoms with Crippen molar-refractivity contribution in [3.05, 3.63) is 84.5 Å². The predicted octanol–water partition coefficient (Wildman–Crippen LogP) is 8.26. The Labute approximate surface area is 205 Å². The summed E-state index contributed by atoms with van der Waals surface area (Å²) in [6.45, 7) is 12.1. The molecule has 0 spiro atoms. The Balaban J connectivity index is 0.000000489. The van der Waals surface area contributed by atoms with Crippen molar-refractivity contribution in [3.63, 3.8) is 0 Å². The lowest BCUT2D eigenvalue weighted by Crippen LogP contribution is -2.21. The van der Waals surface area contributed by atoms with Gasteiger partial charge in [0.05, 0.1) is 5.70 Å². The van der Waals surface area contributed by atoms with Gasteiger partial charge >= 0.3 is 0 Å². The molecular formula is C30H40FNO2. The molecule has 0 heterocycles. The van der Waals surface area contributed by atoms with E-state index in [0.29, 0.717) is 18.0 Å². The Bertz CT molecular complexity index is 931. The summed E-state index contributed by atoms with van der Waals surface area (Å²) in [6, 6.07) is 14.4. The smallest absolute Gasteiger partial charge is 0.175 e. The third-order valence-corrected chi connectivity index (χ3v) is 5.39. The minimum absolute atomic E-state index is 0.0102. The van der Waals surface area contributed by atoms with E-state index in [1.165, 1.54) is 25.0 Å². The van der Waals surface area contributed by atoms with Crippen LogP contribution in [0, 0.1) is 5.82 Å². The molecule has 0 unspecified atom stereocenters. The molecule has 0 saturated heterocycles. The minimum Gasteiger partial charge on any atom is -0.342 e. The summed E-state index contributed by atoms with van der Waals surface area (Å²) in [7, 11) is 0. The van der Waals surface area contributed by atoms with Crippen LogP contribution < -0.4 is 0 Å². The van der Waals surface area contributed by atoms with Crippen LogP contribution in [0.3, 0.4) is 0 Å². The Morgan fingerprint density at radius 3 is 2.18 bits per heavy atom. The number of Topliss-reactive ketones (excluding diaryl/α,β-unsaturated/α-hetero) is 2. The minimum atomic E-state index is -0.256. The molecule has 2 aromatic carbocycles. The monoisotopic (exact) mass is 465 g/mol. The first-order valence-corrected chi connectivity index (χ1v) is 12.3. The quantitative estimate of drug-likeness (QED) is 0.221. The van der Waals surface area contributed by atoms with Gasteiger partial charge in [-0.3, -0.25) is 9.59 Å². The second-order valence-corrected chi connectivity index (χ2v) is 8.27. The number of carbonyl (C=O) groups excluding carboxylic acids is 2. The van der Waals surface area contributed by atoms with Crippen molar-refractivity contribution in [3.8, 4) is 11.1 Å². The fraction of sp³-hybridized carbons (Fsp3) is 0.400. The van der Waals surface area contributed by atoms with Crippen molar-refractivity contribution in [1.82, 2.24) is 4.90 Å². The van der Waals surface area contributed by atoms with Gasteiger partial charge in [0.25, 0.3) is 0 Å². The van der Waals surface area contributed by atoms with Crippen LogP contribution in [0.1, 0.15) is 78.2 Å². The van der Waals surface area contributed by atoms with Gasteiger partial charge in [0.15, 0.2) is 5.78 Å². The number of hydrogen-bond donors (Lipinski definition) is 0. The van der Waals surface area contributed by atoms with Gasteiger partial charge in [-0.05, 0) is 54.3 Å². The number of carbonyl (C=O) groups is 2. The molecule has 0 atom stereocenters. The predicted molar refractivity (Wildman–Crippen MR) is 141 cm³/mol. The fourth-order valence-corrected chi connectivity index (χ4v) is 3.63. The molecule has 0 fully saturated rings. The SMILES string of the molecule is C=CN(Cc1ccccc1-c1ccc(F)cc1)/C(=C\CC)C(C)=O.CCCCCC(=O)CCC. The number of allylic oxidation sites excluding steroid dienone is 2. The van der Waals surface area contributed by atoms with Gasteiger partial charge < -0.3 is 4.90 Å². The van der Waals surface area contributed by atoms with Crippen LogP contribution in [0.15, 0.2) is 73.1 Å². The lowest BCUT2D eigenvalue weighted by molar-refractivity contribution is -0.119. The van der Waals surface area contributed by atoms with Gasteiger partial charge in [-0.1, -0.05) is 82.7 Å². The molecule has 0 N–H and O–H groups in total. The maximum atomic E-state index is 13.2. The molecule has 0 aromatic heterocycles. The molecule has 0 radical (unpaired) electrons. The summed E-state index contributed by atoms with van der Waals surface area (Å²) in [5.74, 6) is 0.195. The number of unbranched alkanes of at least 4 members (excludes halogenated alkanes) is 2. The Kier molecular flexibility index (Phi) is 14.2. The third kappa shape index (κ3) is 10.3. The first kappa shape index (κ1) is 29.0. The van der Waals surface area contributed by atoms with Crippen LogP contribution in [-0.4, -0.2) is 16.5 Å². The number of rotatable bonds is 13. The van der Waals surface area contributed by atoms with E-state index in [-0.39, 0.29) is 11.6 Å². The van der Waals surface area contributed by atoms with Crippen molar-refractivity contribution < 1.29 is 14.0 Å². The van der Waals surface area contributed by atoms with E-state index in [0.717, 1.165) is 48.8 Å². The third-order valence-electron chi connectivity index (χ3n) is 5.39. The maximum absolute atomic E-state index is 13.2. The Morgan fingerprint density at radius 2 is 1.62 bits per heavy atom. The van der Waals surface area contributed by atoms with E-state index < -0.39 is 0 Å². The van der Waals surface area contributed by atoms with Crippen LogP contribution in [0.5, 0.6) is 0 Å².